The van der Waals surface area contributed by atoms with Crippen LogP contribution in [0.3, 0.4) is 0 Å². The van der Waals surface area contributed by atoms with E-state index in [4.69, 9.17) is 5.73 Å². The smallest absolute Gasteiger partial charge is 0.369 e. The van der Waals surface area contributed by atoms with Gasteiger partial charge in [-0.2, -0.15) is 13.2 Å². The van der Waals surface area contributed by atoms with Gasteiger partial charge in [0.15, 0.2) is 0 Å². The Morgan fingerprint density at radius 1 is 1.22 bits per heavy atom. The van der Waals surface area contributed by atoms with E-state index in [2.05, 4.69) is 9.88 Å². The molecule has 8 heteroatoms. The Balaban J connectivity index is 1.63. The minimum atomic E-state index is -4.21. The number of primary amides is 1. The number of nitrogens with zero attached hydrogens (tertiary/aromatic N) is 3. The zero-order valence-corrected chi connectivity index (χ0v) is 15.0. The number of nitrogens with two attached hydrogens (primary N) is 1. The second-order valence-corrected chi connectivity index (χ2v) is 6.98. The van der Waals surface area contributed by atoms with E-state index >= 15 is 0 Å². The van der Waals surface area contributed by atoms with Crippen molar-refractivity contribution in [2.75, 3.05) is 19.6 Å². The molecular formula is C19H23F3N4O. The Kier molecular flexibility index (Phi) is 5.84. The third-order valence-electron chi connectivity index (χ3n) is 4.90. The van der Waals surface area contributed by atoms with Crippen LogP contribution in [0.25, 0.3) is 11.4 Å². The lowest BCUT2D eigenvalue weighted by Crippen LogP contribution is -2.42. The number of carbonyl (C=O) groups excluding carboxylic acids is 1. The molecule has 1 aliphatic heterocycles. The first-order valence-electron chi connectivity index (χ1n) is 9.01. The van der Waals surface area contributed by atoms with Crippen molar-refractivity contribution in [1.82, 2.24) is 14.5 Å². The highest BCUT2D eigenvalue weighted by Crippen LogP contribution is 2.24. The molecular weight excluding hydrogens is 357 g/mol. The van der Waals surface area contributed by atoms with E-state index < -0.39 is 12.6 Å². The van der Waals surface area contributed by atoms with E-state index in [1.807, 2.05) is 10.8 Å². The molecule has 1 amide bonds. The molecule has 1 aliphatic rings. The van der Waals surface area contributed by atoms with Crippen LogP contribution < -0.4 is 5.73 Å². The van der Waals surface area contributed by atoms with Gasteiger partial charge in [0, 0.05) is 37.6 Å². The van der Waals surface area contributed by atoms with Crippen LogP contribution in [0.1, 0.15) is 18.4 Å². The molecule has 1 aromatic heterocycles. The van der Waals surface area contributed by atoms with Gasteiger partial charge >= 0.3 is 6.18 Å². The average Bonchev–Trinajstić information content (AvgIpc) is 3.08. The first-order chi connectivity index (χ1) is 12.8. The number of amides is 1. The maximum Gasteiger partial charge on any atom is 0.393 e. The molecule has 0 bridgehead atoms. The van der Waals surface area contributed by atoms with Gasteiger partial charge in [-0.3, -0.25) is 4.79 Å². The number of carbonyl (C=O) groups is 1. The molecule has 27 heavy (non-hydrogen) atoms. The molecule has 3 rings (SSSR count). The zero-order valence-electron chi connectivity index (χ0n) is 15.0. The summed E-state index contributed by atoms with van der Waals surface area (Å²) in [5.74, 6) is 0.376. The van der Waals surface area contributed by atoms with Crippen LogP contribution in [-0.2, 0) is 17.8 Å². The molecule has 1 aromatic carbocycles. The zero-order chi connectivity index (χ0) is 19.4. The third kappa shape index (κ3) is 5.32. The summed E-state index contributed by atoms with van der Waals surface area (Å²) < 4.78 is 39.4. The summed E-state index contributed by atoms with van der Waals surface area (Å²) in [7, 11) is 0. The number of alkyl halides is 3. The highest BCUT2D eigenvalue weighted by atomic mass is 19.4. The lowest BCUT2D eigenvalue weighted by atomic mass is 9.97. The predicted octanol–water partition coefficient (Wildman–Crippen LogP) is 2.85. The van der Waals surface area contributed by atoms with Gasteiger partial charge < -0.3 is 15.2 Å². The van der Waals surface area contributed by atoms with Crippen molar-refractivity contribution in [3.63, 3.8) is 0 Å². The Labute approximate surface area is 156 Å². The molecule has 0 aliphatic carbocycles. The third-order valence-corrected chi connectivity index (χ3v) is 4.90. The van der Waals surface area contributed by atoms with Crippen LogP contribution >= 0.6 is 0 Å². The minimum absolute atomic E-state index is 0.0952. The van der Waals surface area contributed by atoms with Crippen LogP contribution in [0, 0.1) is 5.92 Å². The summed E-state index contributed by atoms with van der Waals surface area (Å²) in [6.07, 6.45) is 0.183. The van der Waals surface area contributed by atoms with E-state index in [1.165, 1.54) is 12.1 Å². The first kappa shape index (κ1) is 19.4. The highest BCUT2D eigenvalue weighted by Gasteiger charge is 2.27. The molecule has 0 radical (unpaired) electrons. The van der Waals surface area contributed by atoms with Gasteiger partial charge in [-0.25, -0.2) is 4.98 Å². The number of hydrogen-bond donors (Lipinski definition) is 1. The number of rotatable bonds is 6. The monoisotopic (exact) mass is 380 g/mol. The van der Waals surface area contributed by atoms with Gasteiger partial charge in [-0.15, -0.1) is 0 Å². The molecule has 2 aromatic rings. The standard InChI is InChI=1S/C19H23F3N4O/c20-19(21,22)12-14-3-5-15(6-4-14)18-24-7-9-26(18)11-10-25-8-1-2-16(13-25)17(23)27/h3-7,9,16H,1-2,8,10-13H2,(H2,23,27). The molecule has 0 spiro atoms. The topological polar surface area (TPSA) is 64.2 Å². The molecule has 0 saturated carbocycles. The van der Waals surface area contributed by atoms with E-state index in [9.17, 15) is 18.0 Å². The van der Waals surface area contributed by atoms with Crippen molar-refractivity contribution in [3.05, 3.63) is 42.2 Å². The Hall–Kier alpha value is -2.35. The Morgan fingerprint density at radius 3 is 2.63 bits per heavy atom. The minimum Gasteiger partial charge on any atom is -0.369 e. The maximum atomic E-state index is 12.5. The van der Waals surface area contributed by atoms with Gasteiger partial charge in [-0.05, 0) is 24.9 Å². The van der Waals surface area contributed by atoms with Crippen LogP contribution in [0.15, 0.2) is 36.7 Å². The lowest BCUT2D eigenvalue weighted by molar-refractivity contribution is -0.127. The van der Waals surface area contributed by atoms with Crippen molar-refractivity contribution in [2.24, 2.45) is 11.7 Å². The number of benzene rings is 1. The Morgan fingerprint density at radius 2 is 1.96 bits per heavy atom. The number of likely N-dealkylation sites (tertiary alicyclic amines) is 1. The van der Waals surface area contributed by atoms with Crippen LogP contribution in [0.5, 0.6) is 0 Å². The van der Waals surface area contributed by atoms with Gasteiger partial charge in [-0.1, -0.05) is 24.3 Å². The SMILES string of the molecule is NC(=O)C1CCCN(CCn2ccnc2-c2ccc(CC(F)(F)F)cc2)C1. The van der Waals surface area contributed by atoms with Gasteiger partial charge in [0.2, 0.25) is 5.91 Å². The van der Waals surface area contributed by atoms with E-state index in [0.29, 0.717) is 13.1 Å². The van der Waals surface area contributed by atoms with Crippen molar-refractivity contribution < 1.29 is 18.0 Å². The molecule has 1 unspecified atom stereocenters. The number of imidazole rings is 1. The van der Waals surface area contributed by atoms with Crippen molar-refractivity contribution in [2.45, 2.75) is 32.0 Å². The second-order valence-electron chi connectivity index (χ2n) is 6.98. The van der Waals surface area contributed by atoms with Crippen LogP contribution in [0.2, 0.25) is 0 Å². The lowest BCUT2D eigenvalue weighted by Gasteiger charge is -2.31. The van der Waals surface area contributed by atoms with Gasteiger partial charge in [0.1, 0.15) is 5.82 Å². The van der Waals surface area contributed by atoms with Crippen molar-refractivity contribution in [3.8, 4) is 11.4 Å². The van der Waals surface area contributed by atoms with E-state index in [1.54, 1.807) is 18.3 Å². The predicted molar refractivity (Wildman–Crippen MR) is 95.8 cm³/mol. The summed E-state index contributed by atoms with van der Waals surface area (Å²) in [6, 6.07) is 6.32. The second kappa shape index (κ2) is 8.12. The molecule has 1 atom stereocenters. The fraction of sp³-hybridized carbons (Fsp3) is 0.474. The van der Waals surface area contributed by atoms with Crippen molar-refractivity contribution >= 4 is 5.91 Å². The summed E-state index contributed by atoms with van der Waals surface area (Å²) in [6.45, 7) is 3.05. The van der Waals surface area contributed by atoms with E-state index in [0.717, 1.165) is 37.3 Å². The van der Waals surface area contributed by atoms with Crippen LogP contribution in [0.4, 0.5) is 13.2 Å². The quantitative estimate of drug-likeness (QED) is 0.838. The number of halogens is 3. The molecule has 146 valence electrons. The Bertz CT molecular complexity index is 770. The van der Waals surface area contributed by atoms with Gasteiger partial charge in [0.25, 0.3) is 0 Å². The molecule has 5 nitrogen and oxygen atoms in total. The summed E-state index contributed by atoms with van der Waals surface area (Å²) in [4.78, 5) is 18.0. The summed E-state index contributed by atoms with van der Waals surface area (Å²) >= 11 is 0. The highest BCUT2D eigenvalue weighted by molar-refractivity contribution is 5.76. The average molecular weight is 380 g/mol. The maximum absolute atomic E-state index is 12.5. The molecule has 1 saturated heterocycles. The molecule has 2 N–H and O–H groups in total. The fourth-order valence-electron chi connectivity index (χ4n) is 3.49. The summed E-state index contributed by atoms with van der Waals surface area (Å²) in [5.41, 5.74) is 6.43. The first-order valence-corrected chi connectivity index (χ1v) is 9.01. The molecule has 1 fully saturated rings. The molecule has 2 heterocycles. The largest absolute Gasteiger partial charge is 0.393 e. The number of aromatic nitrogens is 2. The van der Waals surface area contributed by atoms with Crippen molar-refractivity contribution in [1.29, 1.82) is 0 Å². The van der Waals surface area contributed by atoms with Gasteiger partial charge in [0.05, 0.1) is 12.3 Å². The van der Waals surface area contributed by atoms with Crippen LogP contribution in [-0.4, -0.2) is 46.2 Å². The fourth-order valence-corrected chi connectivity index (χ4v) is 3.49. The van der Waals surface area contributed by atoms with E-state index in [-0.39, 0.29) is 17.4 Å². The number of piperidine rings is 1. The normalized spacial score (nSPS) is 18.6. The number of hydrogen-bond acceptors (Lipinski definition) is 3. The summed E-state index contributed by atoms with van der Waals surface area (Å²) in [5, 5.41) is 0.